The SMILES string of the molecule is Cc1cc(CNC(=O)CCCN2C(=O)c3ccccc3C2=O)nc(N(C)C)n1. The summed E-state index contributed by atoms with van der Waals surface area (Å²) in [6, 6.07) is 8.59. The fraction of sp³-hybridized carbons (Fsp3) is 0.350. The molecule has 3 amide bonds. The molecule has 0 fully saturated rings. The summed E-state index contributed by atoms with van der Waals surface area (Å²) in [4.78, 5) is 48.4. The van der Waals surface area contributed by atoms with Gasteiger partial charge in [0.05, 0.1) is 23.4 Å². The molecule has 0 spiro atoms. The summed E-state index contributed by atoms with van der Waals surface area (Å²) in [5, 5.41) is 2.82. The van der Waals surface area contributed by atoms with Crippen LogP contribution in [0.5, 0.6) is 0 Å². The maximum absolute atomic E-state index is 12.3. The van der Waals surface area contributed by atoms with Gasteiger partial charge in [0.25, 0.3) is 11.8 Å². The number of nitrogens with zero attached hydrogens (tertiary/aromatic N) is 4. The van der Waals surface area contributed by atoms with Crippen molar-refractivity contribution < 1.29 is 14.4 Å². The molecule has 2 aromatic rings. The van der Waals surface area contributed by atoms with E-state index >= 15 is 0 Å². The minimum absolute atomic E-state index is 0.153. The molecule has 1 aromatic carbocycles. The van der Waals surface area contributed by atoms with Crippen LogP contribution in [0.3, 0.4) is 0 Å². The van der Waals surface area contributed by atoms with Gasteiger partial charge in [-0.05, 0) is 31.5 Å². The molecule has 0 saturated carbocycles. The van der Waals surface area contributed by atoms with E-state index in [1.165, 1.54) is 4.90 Å². The summed E-state index contributed by atoms with van der Waals surface area (Å²) in [6.45, 7) is 2.40. The first-order valence-electron chi connectivity index (χ1n) is 9.10. The van der Waals surface area contributed by atoms with E-state index in [2.05, 4.69) is 15.3 Å². The molecule has 8 heteroatoms. The standard InChI is InChI=1S/C20H23N5O3/c1-13-11-14(23-20(22-13)24(2)3)12-21-17(26)9-6-10-25-18(27)15-7-4-5-8-16(15)19(25)28/h4-5,7-8,11H,6,9-10,12H2,1-3H3,(H,21,26). The van der Waals surface area contributed by atoms with Gasteiger partial charge in [0.15, 0.2) is 0 Å². The number of aryl methyl sites for hydroxylation is 1. The van der Waals surface area contributed by atoms with Crippen LogP contribution in [-0.2, 0) is 11.3 Å². The number of fused-ring (bicyclic) bond motifs is 1. The van der Waals surface area contributed by atoms with Crippen LogP contribution in [0.1, 0.15) is 44.9 Å². The van der Waals surface area contributed by atoms with Gasteiger partial charge in [0, 0.05) is 32.8 Å². The van der Waals surface area contributed by atoms with Gasteiger partial charge in [0.2, 0.25) is 11.9 Å². The lowest BCUT2D eigenvalue weighted by molar-refractivity contribution is -0.121. The number of carbonyl (C=O) groups excluding carboxylic acids is 3. The van der Waals surface area contributed by atoms with Crippen LogP contribution in [0.4, 0.5) is 5.95 Å². The Morgan fingerprint density at radius 1 is 1.11 bits per heavy atom. The van der Waals surface area contributed by atoms with Crippen LogP contribution in [0.25, 0.3) is 0 Å². The van der Waals surface area contributed by atoms with Crippen LogP contribution >= 0.6 is 0 Å². The van der Waals surface area contributed by atoms with Crippen molar-refractivity contribution >= 4 is 23.7 Å². The summed E-state index contributed by atoms with van der Waals surface area (Å²) in [5.74, 6) is -0.156. The van der Waals surface area contributed by atoms with Gasteiger partial charge in [-0.3, -0.25) is 19.3 Å². The van der Waals surface area contributed by atoms with Gasteiger partial charge in [0.1, 0.15) is 0 Å². The third-order valence-electron chi connectivity index (χ3n) is 4.43. The van der Waals surface area contributed by atoms with Gasteiger partial charge < -0.3 is 10.2 Å². The zero-order chi connectivity index (χ0) is 20.3. The van der Waals surface area contributed by atoms with Crippen LogP contribution < -0.4 is 10.2 Å². The second kappa shape index (κ2) is 8.16. The van der Waals surface area contributed by atoms with Gasteiger partial charge >= 0.3 is 0 Å². The van der Waals surface area contributed by atoms with Crippen LogP contribution in [0.2, 0.25) is 0 Å². The first-order valence-corrected chi connectivity index (χ1v) is 9.10. The first-order chi connectivity index (χ1) is 13.4. The fourth-order valence-electron chi connectivity index (χ4n) is 3.02. The number of nitrogens with one attached hydrogen (secondary N) is 1. The molecule has 0 radical (unpaired) electrons. The highest BCUT2D eigenvalue weighted by atomic mass is 16.2. The van der Waals surface area contributed by atoms with E-state index < -0.39 is 0 Å². The molecule has 1 aliphatic heterocycles. The number of imide groups is 1. The molecule has 8 nitrogen and oxygen atoms in total. The maximum atomic E-state index is 12.3. The molecule has 1 aromatic heterocycles. The molecule has 28 heavy (non-hydrogen) atoms. The summed E-state index contributed by atoms with van der Waals surface area (Å²) >= 11 is 0. The lowest BCUT2D eigenvalue weighted by Crippen LogP contribution is -2.32. The molecule has 3 rings (SSSR count). The highest BCUT2D eigenvalue weighted by Crippen LogP contribution is 2.22. The average Bonchev–Trinajstić information content (AvgIpc) is 2.91. The normalized spacial score (nSPS) is 12.9. The van der Waals surface area contributed by atoms with Gasteiger partial charge in [-0.2, -0.15) is 0 Å². The van der Waals surface area contributed by atoms with Gasteiger partial charge in [-0.25, -0.2) is 9.97 Å². The van der Waals surface area contributed by atoms with Gasteiger partial charge in [-0.15, -0.1) is 0 Å². The third-order valence-corrected chi connectivity index (χ3v) is 4.43. The van der Waals surface area contributed by atoms with Crippen molar-refractivity contribution in [2.45, 2.75) is 26.3 Å². The van der Waals surface area contributed by atoms with Crippen LogP contribution in [0, 0.1) is 6.92 Å². The number of rotatable bonds is 7. The van der Waals surface area contributed by atoms with Crippen LogP contribution in [-0.4, -0.2) is 53.2 Å². The predicted octanol–water partition coefficient (Wildman–Crippen LogP) is 1.54. The van der Waals surface area contributed by atoms with E-state index in [0.717, 1.165) is 11.4 Å². The third kappa shape index (κ3) is 4.16. The van der Waals surface area contributed by atoms with E-state index in [9.17, 15) is 14.4 Å². The number of anilines is 1. The topological polar surface area (TPSA) is 95.5 Å². The largest absolute Gasteiger partial charge is 0.350 e. The van der Waals surface area contributed by atoms with E-state index in [-0.39, 0.29) is 30.7 Å². The average molecular weight is 381 g/mol. The Morgan fingerprint density at radius 2 is 1.75 bits per heavy atom. The van der Waals surface area contributed by atoms with Crippen molar-refractivity contribution in [2.75, 3.05) is 25.5 Å². The number of hydrogen-bond acceptors (Lipinski definition) is 6. The molecule has 2 heterocycles. The van der Waals surface area contributed by atoms with Crippen molar-refractivity contribution in [3.05, 3.63) is 52.8 Å². The lowest BCUT2D eigenvalue weighted by atomic mass is 10.1. The Kier molecular flexibility index (Phi) is 5.67. The number of aromatic nitrogens is 2. The van der Waals surface area contributed by atoms with Crippen molar-refractivity contribution in [3.63, 3.8) is 0 Å². The van der Waals surface area contributed by atoms with E-state index in [1.807, 2.05) is 27.1 Å². The number of amides is 3. The Morgan fingerprint density at radius 3 is 2.36 bits per heavy atom. The molecule has 1 aliphatic rings. The van der Waals surface area contributed by atoms with Crippen LogP contribution in [0.15, 0.2) is 30.3 Å². The molecule has 0 saturated heterocycles. The Balaban J connectivity index is 1.48. The zero-order valence-corrected chi connectivity index (χ0v) is 16.2. The number of benzene rings is 1. The smallest absolute Gasteiger partial charge is 0.261 e. The Hall–Kier alpha value is -3.29. The van der Waals surface area contributed by atoms with E-state index in [4.69, 9.17) is 0 Å². The molecular weight excluding hydrogens is 358 g/mol. The summed E-state index contributed by atoms with van der Waals surface area (Å²) < 4.78 is 0. The minimum Gasteiger partial charge on any atom is -0.350 e. The molecule has 146 valence electrons. The van der Waals surface area contributed by atoms with Crippen molar-refractivity contribution in [3.8, 4) is 0 Å². The monoisotopic (exact) mass is 381 g/mol. The predicted molar refractivity (Wildman–Crippen MR) is 104 cm³/mol. The maximum Gasteiger partial charge on any atom is 0.261 e. The summed E-state index contributed by atoms with van der Waals surface area (Å²) in [7, 11) is 3.71. The number of hydrogen-bond donors (Lipinski definition) is 1. The Labute approximate surface area is 163 Å². The number of carbonyl (C=O) groups is 3. The van der Waals surface area contributed by atoms with Crippen molar-refractivity contribution in [1.82, 2.24) is 20.2 Å². The second-order valence-electron chi connectivity index (χ2n) is 6.88. The van der Waals surface area contributed by atoms with E-state index in [1.54, 1.807) is 29.2 Å². The summed E-state index contributed by atoms with van der Waals surface area (Å²) in [6.07, 6.45) is 0.626. The lowest BCUT2D eigenvalue weighted by Gasteiger charge is -2.14. The molecule has 0 aliphatic carbocycles. The van der Waals surface area contributed by atoms with Crippen molar-refractivity contribution in [2.24, 2.45) is 0 Å². The molecule has 0 atom stereocenters. The minimum atomic E-state index is -0.298. The summed E-state index contributed by atoms with van der Waals surface area (Å²) in [5.41, 5.74) is 2.40. The van der Waals surface area contributed by atoms with E-state index in [0.29, 0.717) is 30.0 Å². The molecule has 1 N–H and O–H groups in total. The first kappa shape index (κ1) is 19.5. The highest BCUT2D eigenvalue weighted by molar-refractivity contribution is 6.21. The second-order valence-corrected chi connectivity index (χ2v) is 6.88. The highest BCUT2D eigenvalue weighted by Gasteiger charge is 2.34. The fourth-order valence-corrected chi connectivity index (χ4v) is 3.02. The molecular formula is C20H23N5O3. The Bertz CT molecular complexity index is 891. The van der Waals surface area contributed by atoms with Gasteiger partial charge in [-0.1, -0.05) is 12.1 Å². The quantitative estimate of drug-likeness (QED) is 0.731. The zero-order valence-electron chi connectivity index (χ0n) is 16.2. The molecule has 0 bridgehead atoms. The molecule has 0 unspecified atom stereocenters. The van der Waals surface area contributed by atoms with Crippen molar-refractivity contribution in [1.29, 1.82) is 0 Å².